The van der Waals surface area contributed by atoms with E-state index in [0.717, 1.165) is 30.2 Å². The van der Waals surface area contributed by atoms with Gasteiger partial charge in [-0.1, -0.05) is 0 Å². The van der Waals surface area contributed by atoms with Crippen molar-refractivity contribution in [2.24, 2.45) is 0 Å². The normalized spacial score (nSPS) is 10.2. The van der Waals surface area contributed by atoms with Gasteiger partial charge in [0.2, 0.25) is 0 Å². The molecule has 4 heterocycles. The van der Waals surface area contributed by atoms with Crippen molar-refractivity contribution in [1.29, 1.82) is 0 Å². The SMILES string of the molecule is COC(=O)c1cc2cc(NC(=O)c3cnc(C)s3)ccc2s1.Cc1ncc(C(=O)Nc2ccc3sc(C(=O)O)cc3c2)s1.[Na+].[OH-]. The van der Waals surface area contributed by atoms with Crippen LogP contribution in [0.1, 0.15) is 48.7 Å². The zero-order chi connectivity index (χ0) is 30.7. The first-order chi connectivity index (χ1) is 20.6. The van der Waals surface area contributed by atoms with Crippen LogP contribution < -0.4 is 40.2 Å². The molecule has 0 saturated carbocycles. The molecule has 0 atom stereocenters. The van der Waals surface area contributed by atoms with Gasteiger partial charge < -0.3 is 26.0 Å². The molecule has 0 aliphatic carbocycles. The Morgan fingerprint density at radius 3 is 1.53 bits per heavy atom. The van der Waals surface area contributed by atoms with Gasteiger partial charge in [-0.05, 0) is 73.2 Å². The quantitative estimate of drug-likeness (QED) is 0.171. The predicted octanol–water partition coefficient (Wildman–Crippen LogP) is 4.15. The maximum atomic E-state index is 12.1. The number of aromatic carboxylic acids is 1. The van der Waals surface area contributed by atoms with E-state index in [1.807, 2.05) is 32.0 Å². The number of hydrogen-bond donors (Lipinski definition) is 3. The molecule has 0 bridgehead atoms. The van der Waals surface area contributed by atoms with Crippen LogP contribution in [-0.2, 0) is 4.74 Å². The third-order valence-electron chi connectivity index (χ3n) is 5.84. The fraction of sp³-hybridized carbons (Fsp3) is 0.103. The Bertz CT molecular complexity index is 2010. The summed E-state index contributed by atoms with van der Waals surface area (Å²) in [5, 5.41) is 18.0. The molecule has 2 amide bonds. The number of hydrogen-bond acceptors (Lipinski definition) is 12. The summed E-state index contributed by atoms with van der Waals surface area (Å²) in [5.74, 6) is -1.70. The maximum Gasteiger partial charge on any atom is 1.00 e. The molecule has 16 heteroatoms. The van der Waals surface area contributed by atoms with E-state index >= 15 is 0 Å². The number of fused-ring (bicyclic) bond motifs is 2. The number of aromatic nitrogens is 2. The monoisotopic (exact) mass is 690 g/mol. The van der Waals surface area contributed by atoms with Gasteiger partial charge in [-0.15, -0.1) is 45.3 Å². The van der Waals surface area contributed by atoms with Crippen LogP contribution in [0.4, 0.5) is 11.4 Å². The van der Waals surface area contributed by atoms with Crippen LogP contribution in [0.3, 0.4) is 0 Å². The Hall–Kier alpha value is -3.54. The van der Waals surface area contributed by atoms with Gasteiger partial charge in [-0.3, -0.25) is 9.59 Å². The van der Waals surface area contributed by atoms with E-state index in [9.17, 15) is 19.2 Å². The largest absolute Gasteiger partial charge is 1.00 e. The summed E-state index contributed by atoms with van der Waals surface area (Å²) < 4.78 is 6.56. The Morgan fingerprint density at radius 2 is 1.13 bits per heavy atom. The molecule has 4 N–H and O–H groups in total. The number of esters is 1. The average Bonchev–Trinajstić information content (AvgIpc) is 3.78. The van der Waals surface area contributed by atoms with Gasteiger partial charge in [0.25, 0.3) is 11.8 Å². The summed E-state index contributed by atoms with van der Waals surface area (Å²) >= 11 is 5.25. The van der Waals surface area contributed by atoms with Gasteiger partial charge in [0.15, 0.2) is 0 Å². The van der Waals surface area contributed by atoms with E-state index in [-0.39, 0.29) is 57.7 Å². The predicted molar refractivity (Wildman–Crippen MR) is 173 cm³/mol. The summed E-state index contributed by atoms with van der Waals surface area (Å²) in [6.45, 7) is 3.69. The van der Waals surface area contributed by atoms with Gasteiger partial charge in [0.1, 0.15) is 19.5 Å². The molecule has 0 aliphatic heterocycles. The summed E-state index contributed by atoms with van der Waals surface area (Å²) in [6, 6.07) is 14.2. The summed E-state index contributed by atoms with van der Waals surface area (Å²) in [7, 11) is 1.36. The van der Waals surface area contributed by atoms with Crippen LogP contribution in [0, 0.1) is 13.8 Å². The van der Waals surface area contributed by atoms with Gasteiger partial charge in [-0.2, -0.15) is 0 Å². The molecule has 45 heavy (non-hydrogen) atoms. The molecule has 0 fully saturated rings. The second-order valence-corrected chi connectivity index (χ2v) is 13.6. The Kier molecular flexibility index (Phi) is 12.5. The number of carboxylic acid groups (broad SMARTS) is 1. The molecule has 11 nitrogen and oxygen atoms in total. The number of thiazole rings is 2. The number of ether oxygens (including phenoxy) is 1. The standard InChI is InChI=1S/C15H12N2O3S2.C14H10N2O3S2.Na.H2O/c1-8-16-7-13(21-8)14(18)17-10-3-4-11-9(5-10)6-12(22-11)15(19)20-2;1-7-15-6-12(20-7)13(17)16-9-2-3-10-8(4-9)5-11(21-10)14(18)19;;/h3-7H,1-2H3,(H,17,18);2-6H,1H3,(H,16,17)(H,18,19);;1H2/q;;+1;/p-1. The van der Waals surface area contributed by atoms with E-state index in [2.05, 4.69) is 20.6 Å². The second-order valence-electron chi connectivity index (χ2n) is 8.92. The summed E-state index contributed by atoms with van der Waals surface area (Å²) in [6.07, 6.45) is 3.11. The van der Waals surface area contributed by atoms with Crippen molar-refractivity contribution in [2.45, 2.75) is 13.8 Å². The number of carbonyl (C=O) groups excluding carboxylic acids is 3. The van der Waals surface area contributed by atoms with Crippen molar-refractivity contribution in [3.63, 3.8) is 0 Å². The van der Waals surface area contributed by atoms with E-state index in [1.54, 1.807) is 42.7 Å². The topological polar surface area (TPSA) is 178 Å². The first kappa shape index (κ1) is 35.9. The minimum absolute atomic E-state index is 0. The number of nitrogens with zero attached hydrogens (tertiary/aromatic N) is 2. The number of thiophene rings is 2. The fourth-order valence-corrected chi connectivity index (χ4v) is 7.06. The van der Waals surface area contributed by atoms with Crippen molar-refractivity contribution in [3.05, 3.63) is 90.4 Å². The summed E-state index contributed by atoms with van der Waals surface area (Å²) in [4.78, 5) is 56.7. The Balaban J connectivity index is 0.000000235. The van der Waals surface area contributed by atoms with Crippen LogP contribution in [0.2, 0.25) is 0 Å². The maximum absolute atomic E-state index is 12.1. The summed E-state index contributed by atoms with van der Waals surface area (Å²) in [5.41, 5.74) is 1.31. The zero-order valence-electron chi connectivity index (χ0n) is 24.2. The number of carbonyl (C=O) groups is 4. The molecule has 6 aromatic rings. The molecular formula is C29H23N4NaO7S4. The number of anilines is 2. The van der Waals surface area contributed by atoms with E-state index < -0.39 is 5.97 Å². The smallest absolute Gasteiger partial charge is 0.870 e. The van der Waals surface area contributed by atoms with Crippen molar-refractivity contribution in [3.8, 4) is 0 Å². The third kappa shape index (κ3) is 8.80. The van der Waals surface area contributed by atoms with Crippen LogP contribution in [0.15, 0.2) is 60.9 Å². The minimum atomic E-state index is -0.943. The molecule has 0 spiro atoms. The van der Waals surface area contributed by atoms with Gasteiger partial charge in [0, 0.05) is 20.8 Å². The number of rotatable bonds is 6. The number of aryl methyl sites for hydroxylation is 2. The molecule has 6 rings (SSSR count). The molecule has 0 aliphatic rings. The van der Waals surface area contributed by atoms with E-state index in [0.29, 0.717) is 26.0 Å². The minimum Gasteiger partial charge on any atom is -0.870 e. The van der Waals surface area contributed by atoms with Gasteiger partial charge >= 0.3 is 41.5 Å². The average molecular weight is 691 g/mol. The van der Waals surface area contributed by atoms with Crippen LogP contribution in [0.25, 0.3) is 20.2 Å². The van der Waals surface area contributed by atoms with E-state index in [4.69, 9.17) is 9.84 Å². The Morgan fingerprint density at radius 1 is 0.689 bits per heavy atom. The van der Waals surface area contributed by atoms with Crippen LogP contribution >= 0.6 is 45.3 Å². The number of nitrogens with one attached hydrogen (secondary N) is 2. The molecule has 2 aromatic carbocycles. The molecular weight excluding hydrogens is 668 g/mol. The number of benzene rings is 2. The van der Waals surface area contributed by atoms with Gasteiger partial charge in [-0.25, -0.2) is 19.6 Å². The second kappa shape index (κ2) is 15.6. The van der Waals surface area contributed by atoms with Gasteiger partial charge in [0.05, 0.1) is 29.5 Å². The van der Waals surface area contributed by atoms with Crippen molar-refractivity contribution >= 4 is 101 Å². The number of carboxylic acids is 1. The molecule has 0 saturated heterocycles. The number of methoxy groups -OCH3 is 1. The number of amides is 2. The first-order valence-corrected chi connectivity index (χ1v) is 15.7. The van der Waals surface area contributed by atoms with Crippen molar-refractivity contribution in [2.75, 3.05) is 17.7 Å². The fourth-order valence-electron chi connectivity index (χ4n) is 3.87. The molecule has 0 radical (unpaired) electrons. The third-order valence-corrected chi connectivity index (χ3v) is 9.86. The Labute approximate surface area is 294 Å². The van der Waals surface area contributed by atoms with Crippen LogP contribution in [-0.4, -0.2) is 51.4 Å². The molecule has 4 aromatic heterocycles. The van der Waals surface area contributed by atoms with Crippen molar-refractivity contribution < 1.29 is 64.1 Å². The molecule has 0 unspecified atom stereocenters. The van der Waals surface area contributed by atoms with E-state index in [1.165, 1.54) is 52.5 Å². The zero-order valence-corrected chi connectivity index (χ0v) is 29.5. The van der Waals surface area contributed by atoms with Crippen molar-refractivity contribution in [1.82, 2.24) is 9.97 Å². The first-order valence-electron chi connectivity index (χ1n) is 12.5. The van der Waals surface area contributed by atoms with Crippen LogP contribution in [0.5, 0.6) is 0 Å². The molecule has 226 valence electrons.